The monoisotopic (exact) mass is 438 g/mol. The fourth-order valence-corrected chi connectivity index (χ4v) is 5.97. The zero-order valence-electron chi connectivity index (χ0n) is 19.2. The highest BCUT2D eigenvalue weighted by Gasteiger charge is 2.69. The number of hydrogen-bond donors (Lipinski definition) is 2. The summed E-state index contributed by atoms with van der Waals surface area (Å²) in [6, 6.07) is 9.20. The molecule has 2 N–H and O–H groups in total. The van der Waals surface area contributed by atoms with Gasteiger partial charge in [0, 0.05) is 11.6 Å². The zero-order chi connectivity index (χ0) is 23.1. The van der Waals surface area contributed by atoms with Gasteiger partial charge in [0.05, 0.1) is 11.8 Å². The van der Waals surface area contributed by atoms with Gasteiger partial charge < -0.3 is 5.11 Å². The van der Waals surface area contributed by atoms with Crippen LogP contribution in [0.1, 0.15) is 64.9 Å². The predicted octanol–water partition coefficient (Wildman–Crippen LogP) is 3.87. The van der Waals surface area contributed by atoms with Gasteiger partial charge in [0.1, 0.15) is 5.54 Å². The number of hydrogen-bond acceptors (Lipinski definition) is 4. The third-order valence-corrected chi connectivity index (χ3v) is 7.38. The van der Waals surface area contributed by atoms with E-state index in [1.54, 1.807) is 0 Å². The van der Waals surface area contributed by atoms with Gasteiger partial charge in [-0.05, 0) is 38.7 Å². The largest absolute Gasteiger partial charge is 0.480 e. The summed E-state index contributed by atoms with van der Waals surface area (Å²) in [4.78, 5) is 41.2. The molecule has 6 heteroatoms. The number of benzene rings is 1. The summed E-state index contributed by atoms with van der Waals surface area (Å²) in [5.41, 5.74) is -1.15. The lowest BCUT2D eigenvalue weighted by Gasteiger charge is -2.37. The first-order valence-electron chi connectivity index (χ1n) is 11.8. The number of aliphatic carboxylic acids is 1. The van der Waals surface area contributed by atoms with E-state index in [0.29, 0.717) is 6.42 Å². The molecule has 6 nitrogen and oxygen atoms in total. The fraction of sp³-hybridized carbons (Fsp3) is 0.577. The van der Waals surface area contributed by atoms with Crippen molar-refractivity contribution in [3.8, 4) is 0 Å². The highest BCUT2D eigenvalue weighted by atomic mass is 16.4. The Morgan fingerprint density at radius 2 is 1.78 bits per heavy atom. The second-order valence-corrected chi connectivity index (χ2v) is 10.6. The van der Waals surface area contributed by atoms with E-state index in [1.807, 2.05) is 63.3 Å². The molecule has 1 saturated carbocycles. The number of nitrogens with one attached hydrogen (secondary N) is 1. The second-order valence-electron chi connectivity index (χ2n) is 10.6. The van der Waals surface area contributed by atoms with Gasteiger partial charge in [-0.1, -0.05) is 74.6 Å². The first-order chi connectivity index (χ1) is 15.1. The molecular formula is C26H34N2O4. The Bertz CT molecular complexity index is 914. The number of carbonyl (C=O) groups excluding carboxylic acids is 2. The lowest BCUT2D eigenvalue weighted by molar-refractivity contribution is -0.154. The van der Waals surface area contributed by atoms with Gasteiger partial charge >= 0.3 is 5.97 Å². The van der Waals surface area contributed by atoms with Gasteiger partial charge in [0.2, 0.25) is 11.8 Å². The van der Waals surface area contributed by atoms with Gasteiger partial charge in [-0.15, -0.1) is 0 Å². The summed E-state index contributed by atoms with van der Waals surface area (Å²) in [6.07, 6.45) is 9.47. The number of fused-ring (bicyclic) bond motifs is 1. The molecule has 4 rings (SSSR count). The van der Waals surface area contributed by atoms with Crippen LogP contribution in [0.4, 0.5) is 0 Å². The number of carboxylic acid groups (broad SMARTS) is 1. The van der Waals surface area contributed by atoms with Gasteiger partial charge in [0.25, 0.3) is 0 Å². The number of nitrogens with zero attached hydrogens (tertiary/aromatic N) is 1. The van der Waals surface area contributed by atoms with E-state index in [1.165, 1.54) is 11.3 Å². The van der Waals surface area contributed by atoms with Crippen LogP contribution in [0.3, 0.4) is 0 Å². The maximum Gasteiger partial charge on any atom is 0.324 e. The van der Waals surface area contributed by atoms with Gasteiger partial charge in [-0.25, -0.2) is 0 Å². The second kappa shape index (κ2) is 8.47. The smallest absolute Gasteiger partial charge is 0.324 e. The number of amides is 2. The normalized spacial score (nSPS) is 31.5. The molecule has 1 aromatic rings. The molecule has 32 heavy (non-hydrogen) atoms. The molecule has 2 heterocycles. The average molecular weight is 439 g/mol. The van der Waals surface area contributed by atoms with Crippen LogP contribution >= 0.6 is 0 Å². The highest BCUT2D eigenvalue weighted by molar-refractivity contribution is 6.10. The molecule has 2 amide bonds. The number of rotatable bonds is 5. The Kier molecular flexibility index (Phi) is 6.01. The summed E-state index contributed by atoms with van der Waals surface area (Å²) >= 11 is 0. The summed E-state index contributed by atoms with van der Waals surface area (Å²) in [5.74, 6) is -2.99. The van der Waals surface area contributed by atoms with E-state index in [-0.39, 0.29) is 17.7 Å². The Hall–Kier alpha value is -2.47. The highest BCUT2D eigenvalue weighted by Crippen LogP contribution is 2.49. The van der Waals surface area contributed by atoms with Crippen molar-refractivity contribution in [1.82, 2.24) is 10.2 Å². The van der Waals surface area contributed by atoms with Crippen molar-refractivity contribution in [2.24, 2.45) is 17.8 Å². The van der Waals surface area contributed by atoms with Crippen LogP contribution in [0, 0.1) is 17.8 Å². The maximum absolute atomic E-state index is 13.6. The minimum Gasteiger partial charge on any atom is -0.480 e. The molecule has 4 atom stereocenters. The predicted molar refractivity (Wildman–Crippen MR) is 123 cm³/mol. The molecular weight excluding hydrogens is 404 g/mol. The van der Waals surface area contributed by atoms with E-state index in [4.69, 9.17) is 0 Å². The third kappa shape index (κ3) is 3.90. The molecule has 0 radical (unpaired) electrons. The van der Waals surface area contributed by atoms with Crippen LogP contribution in [0.25, 0.3) is 6.08 Å². The van der Waals surface area contributed by atoms with Crippen molar-refractivity contribution in [3.63, 3.8) is 0 Å². The van der Waals surface area contributed by atoms with E-state index >= 15 is 0 Å². The number of imide groups is 1. The molecule has 172 valence electrons. The molecule has 2 aliphatic heterocycles. The molecule has 0 bridgehead atoms. The first-order valence-corrected chi connectivity index (χ1v) is 11.8. The Labute approximate surface area is 190 Å². The Morgan fingerprint density at radius 3 is 2.38 bits per heavy atom. The minimum absolute atomic E-state index is 0.247. The SMILES string of the molecule is CC(C)(C)N1C(=O)C2C(/C=C/c3ccccc3)NC(CC3CCCCC3)(C(=O)O)C2C1=O. The summed E-state index contributed by atoms with van der Waals surface area (Å²) < 4.78 is 0. The fourth-order valence-electron chi connectivity index (χ4n) is 5.97. The zero-order valence-corrected chi connectivity index (χ0v) is 19.2. The average Bonchev–Trinajstić information content (AvgIpc) is 3.22. The summed E-state index contributed by atoms with van der Waals surface area (Å²) in [7, 11) is 0. The van der Waals surface area contributed by atoms with Crippen molar-refractivity contribution < 1.29 is 19.5 Å². The van der Waals surface area contributed by atoms with Crippen molar-refractivity contribution in [3.05, 3.63) is 42.0 Å². The topological polar surface area (TPSA) is 86.7 Å². The van der Waals surface area contributed by atoms with Crippen LogP contribution in [-0.2, 0) is 14.4 Å². The summed E-state index contributed by atoms with van der Waals surface area (Å²) in [6.45, 7) is 5.49. The van der Waals surface area contributed by atoms with Crippen LogP contribution in [0.15, 0.2) is 36.4 Å². The maximum atomic E-state index is 13.6. The van der Waals surface area contributed by atoms with Crippen molar-refractivity contribution in [2.45, 2.75) is 76.4 Å². The molecule has 3 aliphatic rings. The van der Waals surface area contributed by atoms with Crippen molar-refractivity contribution >= 4 is 23.9 Å². The Morgan fingerprint density at radius 1 is 1.12 bits per heavy atom. The molecule has 1 aliphatic carbocycles. The van der Waals surface area contributed by atoms with E-state index in [2.05, 4.69) is 5.32 Å². The number of carbonyl (C=O) groups is 3. The molecule has 0 aromatic heterocycles. The number of carboxylic acids is 1. The molecule has 1 aromatic carbocycles. The van der Waals surface area contributed by atoms with E-state index < -0.39 is 34.9 Å². The van der Waals surface area contributed by atoms with Crippen molar-refractivity contribution in [1.29, 1.82) is 0 Å². The van der Waals surface area contributed by atoms with Gasteiger partial charge in [0.15, 0.2) is 0 Å². The van der Waals surface area contributed by atoms with E-state index in [9.17, 15) is 19.5 Å². The molecule has 2 saturated heterocycles. The molecule has 4 unspecified atom stereocenters. The minimum atomic E-state index is -1.43. The van der Waals surface area contributed by atoms with Gasteiger partial charge in [-0.2, -0.15) is 0 Å². The first kappa shape index (κ1) is 22.7. The third-order valence-electron chi connectivity index (χ3n) is 7.38. The lowest BCUT2D eigenvalue weighted by Crippen LogP contribution is -2.59. The quantitative estimate of drug-likeness (QED) is 0.682. The molecule has 0 spiro atoms. The summed E-state index contributed by atoms with van der Waals surface area (Å²) in [5, 5.41) is 13.8. The lowest BCUT2D eigenvalue weighted by atomic mass is 9.72. The van der Waals surface area contributed by atoms with Crippen LogP contribution in [-0.4, -0.2) is 44.9 Å². The number of likely N-dealkylation sites (tertiary alicyclic amines) is 1. The van der Waals surface area contributed by atoms with Gasteiger partial charge in [-0.3, -0.25) is 24.6 Å². The molecule has 3 fully saturated rings. The Balaban J connectivity index is 1.74. The van der Waals surface area contributed by atoms with Crippen molar-refractivity contribution in [2.75, 3.05) is 0 Å². The van der Waals surface area contributed by atoms with Crippen LogP contribution in [0.2, 0.25) is 0 Å². The van der Waals surface area contributed by atoms with Crippen LogP contribution in [0.5, 0.6) is 0 Å². The van der Waals surface area contributed by atoms with E-state index in [0.717, 1.165) is 31.2 Å². The standard InChI is InChI=1S/C26H34N2O4/c1-25(2,3)28-22(29)20-19(15-14-17-10-6-4-7-11-17)27-26(24(31)32,21(20)23(28)30)16-18-12-8-5-9-13-18/h4,6-7,10-11,14-15,18-21,27H,5,8-9,12-13,16H2,1-3H3,(H,31,32)/b15-14+. The van der Waals surface area contributed by atoms with Crippen LogP contribution < -0.4 is 5.32 Å².